The molecule has 9 heteroatoms. The van der Waals surface area contributed by atoms with E-state index < -0.39 is 0 Å². The van der Waals surface area contributed by atoms with Crippen molar-refractivity contribution in [3.8, 4) is 5.69 Å². The monoisotopic (exact) mass is 339 g/mol. The first-order valence-electron chi connectivity index (χ1n) is 7.16. The van der Waals surface area contributed by atoms with Crippen LogP contribution < -0.4 is 11.3 Å². The third-order valence-electron chi connectivity index (χ3n) is 3.39. The van der Waals surface area contributed by atoms with Crippen LogP contribution in [0.4, 0.5) is 5.95 Å². The minimum Gasteiger partial charge on any atom is -0.368 e. The Morgan fingerprint density at radius 3 is 2.88 bits per heavy atom. The minimum atomic E-state index is -0.244. The van der Waals surface area contributed by atoms with Crippen LogP contribution >= 0.6 is 11.8 Å². The number of anilines is 1. The van der Waals surface area contributed by atoms with Crippen molar-refractivity contribution in [1.29, 1.82) is 0 Å². The van der Waals surface area contributed by atoms with Gasteiger partial charge in [0.05, 0.1) is 5.69 Å². The lowest BCUT2D eigenvalue weighted by Gasteiger charge is -2.06. The van der Waals surface area contributed by atoms with E-state index in [1.54, 1.807) is 6.20 Å². The molecule has 3 heterocycles. The zero-order chi connectivity index (χ0) is 16.5. The second kappa shape index (κ2) is 5.85. The van der Waals surface area contributed by atoms with Gasteiger partial charge in [-0.1, -0.05) is 30.0 Å². The predicted octanol–water partition coefficient (Wildman–Crippen LogP) is 1.48. The number of fused-ring (bicyclic) bond motifs is 1. The Hall–Kier alpha value is -3.07. The van der Waals surface area contributed by atoms with Crippen molar-refractivity contribution in [3.05, 3.63) is 64.8 Å². The summed E-state index contributed by atoms with van der Waals surface area (Å²) >= 11 is 1.50. The molecule has 0 aliphatic heterocycles. The molecule has 0 bridgehead atoms. The predicted molar refractivity (Wildman–Crippen MR) is 91.1 cm³/mol. The smallest absolute Gasteiger partial charge is 0.274 e. The highest BCUT2D eigenvalue weighted by molar-refractivity contribution is 7.98. The topological polar surface area (TPSA) is 107 Å². The fourth-order valence-corrected chi connectivity index (χ4v) is 3.20. The van der Waals surface area contributed by atoms with Crippen LogP contribution in [-0.2, 0) is 5.75 Å². The number of hydrogen-bond acceptors (Lipinski definition) is 6. The number of thioether (sulfide) groups is 1. The number of nitrogens with zero attached hydrogens (tertiary/aromatic N) is 5. The fraction of sp³-hybridized carbons (Fsp3) is 0.0667. The highest BCUT2D eigenvalue weighted by Crippen LogP contribution is 2.23. The molecule has 0 fully saturated rings. The molecule has 3 N–H and O–H groups in total. The first kappa shape index (κ1) is 14.5. The molecular formula is C15H13N7OS. The average molecular weight is 339 g/mol. The molecule has 0 aliphatic carbocycles. The highest BCUT2D eigenvalue weighted by atomic mass is 32.2. The van der Waals surface area contributed by atoms with Gasteiger partial charge in [0.15, 0.2) is 5.16 Å². The molecule has 1 aromatic carbocycles. The number of hydrogen-bond donors (Lipinski definition) is 2. The van der Waals surface area contributed by atoms with Crippen molar-refractivity contribution in [2.24, 2.45) is 0 Å². The normalized spacial score (nSPS) is 11.2. The van der Waals surface area contributed by atoms with E-state index in [1.165, 1.54) is 22.3 Å². The number of nitrogens with one attached hydrogen (secondary N) is 1. The number of aromatic amines is 1. The molecule has 24 heavy (non-hydrogen) atoms. The summed E-state index contributed by atoms with van der Waals surface area (Å²) in [5.74, 6) is 0.925. The van der Waals surface area contributed by atoms with Crippen molar-refractivity contribution < 1.29 is 0 Å². The lowest BCUT2D eigenvalue weighted by molar-refractivity contribution is 0.883. The van der Waals surface area contributed by atoms with Gasteiger partial charge in [0.25, 0.3) is 11.3 Å². The van der Waals surface area contributed by atoms with Gasteiger partial charge in [0, 0.05) is 29.9 Å². The Balaban J connectivity index is 1.60. The number of para-hydroxylation sites is 1. The lowest BCUT2D eigenvalue weighted by Crippen LogP contribution is -2.15. The Morgan fingerprint density at radius 1 is 1.21 bits per heavy atom. The van der Waals surface area contributed by atoms with Gasteiger partial charge in [-0.15, -0.1) is 0 Å². The summed E-state index contributed by atoms with van der Waals surface area (Å²) in [6.45, 7) is 0. The van der Waals surface area contributed by atoms with Crippen LogP contribution in [0, 0.1) is 0 Å². The Bertz CT molecular complexity index is 1050. The van der Waals surface area contributed by atoms with E-state index in [2.05, 4.69) is 20.1 Å². The van der Waals surface area contributed by atoms with Gasteiger partial charge < -0.3 is 5.73 Å². The van der Waals surface area contributed by atoms with E-state index in [9.17, 15) is 4.79 Å². The number of H-pyrrole nitrogens is 1. The molecule has 0 spiro atoms. The maximum atomic E-state index is 12.0. The quantitative estimate of drug-likeness (QED) is 0.545. The van der Waals surface area contributed by atoms with Gasteiger partial charge in [0.2, 0.25) is 5.95 Å². The molecule has 0 amide bonds. The molecule has 0 radical (unpaired) electrons. The van der Waals surface area contributed by atoms with Gasteiger partial charge in [-0.3, -0.25) is 14.5 Å². The van der Waals surface area contributed by atoms with Crippen LogP contribution in [0.2, 0.25) is 0 Å². The van der Waals surface area contributed by atoms with E-state index in [0.717, 1.165) is 10.8 Å². The fourth-order valence-electron chi connectivity index (χ4n) is 2.34. The maximum absolute atomic E-state index is 12.0. The van der Waals surface area contributed by atoms with Gasteiger partial charge in [-0.2, -0.15) is 9.50 Å². The standard InChI is InChI=1S/C15H13N7OS/c16-13-19-14-18-10(8-12(23)22(14)20-13)9-24-15-17-6-7-21(15)11-4-2-1-3-5-11/h1-8H,9H2,(H3,16,18,19,20). The van der Waals surface area contributed by atoms with E-state index in [0.29, 0.717) is 11.4 Å². The third kappa shape index (κ3) is 2.65. The molecule has 120 valence electrons. The van der Waals surface area contributed by atoms with E-state index >= 15 is 0 Å². The van der Waals surface area contributed by atoms with Crippen molar-refractivity contribution in [2.45, 2.75) is 10.9 Å². The van der Waals surface area contributed by atoms with Gasteiger partial charge >= 0.3 is 0 Å². The zero-order valence-corrected chi connectivity index (χ0v) is 13.3. The lowest BCUT2D eigenvalue weighted by atomic mass is 10.3. The SMILES string of the molecule is Nc1nc2nc(CSc3nccn3-c3ccccc3)cc(=O)n2[nH]1. The van der Waals surface area contributed by atoms with Gasteiger partial charge in [-0.25, -0.2) is 9.97 Å². The number of nitrogens with two attached hydrogens (primary N) is 1. The number of nitrogen functional groups attached to an aromatic ring is 1. The van der Waals surface area contributed by atoms with Crippen LogP contribution in [0.1, 0.15) is 5.69 Å². The van der Waals surface area contributed by atoms with E-state index in [-0.39, 0.29) is 17.3 Å². The molecular weight excluding hydrogens is 326 g/mol. The summed E-state index contributed by atoms with van der Waals surface area (Å²) < 4.78 is 3.21. The first-order valence-corrected chi connectivity index (χ1v) is 8.15. The molecule has 0 unspecified atom stereocenters. The molecule has 4 rings (SSSR count). The van der Waals surface area contributed by atoms with Crippen molar-refractivity contribution >= 4 is 23.5 Å². The summed E-state index contributed by atoms with van der Waals surface area (Å²) in [6.07, 6.45) is 3.65. The minimum absolute atomic E-state index is 0.157. The Labute approximate surface area is 140 Å². The van der Waals surface area contributed by atoms with Crippen LogP contribution in [0.3, 0.4) is 0 Å². The van der Waals surface area contributed by atoms with Crippen LogP contribution in [0.5, 0.6) is 0 Å². The number of rotatable bonds is 4. The van der Waals surface area contributed by atoms with Crippen LogP contribution in [-0.4, -0.2) is 29.1 Å². The van der Waals surface area contributed by atoms with Crippen LogP contribution in [0.25, 0.3) is 11.5 Å². The summed E-state index contributed by atoms with van der Waals surface area (Å²) in [7, 11) is 0. The molecule has 4 aromatic rings. The second-order valence-electron chi connectivity index (χ2n) is 5.03. The van der Waals surface area contributed by atoms with Crippen LogP contribution in [0.15, 0.2) is 58.7 Å². The molecule has 8 nitrogen and oxygen atoms in total. The zero-order valence-electron chi connectivity index (χ0n) is 12.5. The van der Waals surface area contributed by atoms with Crippen molar-refractivity contribution in [2.75, 3.05) is 5.73 Å². The van der Waals surface area contributed by atoms with Gasteiger partial charge in [-0.05, 0) is 12.1 Å². The molecule has 0 saturated carbocycles. The van der Waals surface area contributed by atoms with Crippen molar-refractivity contribution in [3.63, 3.8) is 0 Å². The second-order valence-corrected chi connectivity index (χ2v) is 5.98. The Morgan fingerprint density at radius 2 is 2.04 bits per heavy atom. The molecule has 3 aromatic heterocycles. The Kier molecular flexibility index (Phi) is 3.54. The van der Waals surface area contributed by atoms with E-state index in [4.69, 9.17) is 5.73 Å². The first-order chi connectivity index (χ1) is 11.7. The third-order valence-corrected chi connectivity index (χ3v) is 4.39. The molecule has 0 aliphatic rings. The average Bonchev–Trinajstić information content (AvgIpc) is 3.20. The summed E-state index contributed by atoms with van der Waals surface area (Å²) in [4.78, 5) is 24.7. The molecule has 0 saturated heterocycles. The number of imidazole rings is 1. The number of benzene rings is 1. The summed E-state index contributed by atoms with van der Waals surface area (Å²) in [5.41, 5.74) is 6.97. The van der Waals surface area contributed by atoms with Gasteiger partial charge in [0.1, 0.15) is 0 Å². The maximum Gasteiger partial charge on any atom is 0.274 e. The summed E-state index contributed by atoms with van der Waals surface area (Å²) in [6, 6.07) is 11.4. The summed E-state index contributed by atoms with van der Waals surface area (Å²) in [5, 5.41) is 3.46. The number of aromatic nitrogens is 6. The molecule has 0 atom stereocenters. The van der Waals surface area contributed by atoms with E-state index in [1.807, 2.05) is 41.1 Å². The van der Waals surface area contributed by atoms with Crippen molar-refractivity contribution in [1.82, 2.24) is 29.1 Å². The largest absolute Gasteiger partial charge is 0.368 e. The highest BCUT2D eigenvalue weighted by Gasteiger charge is 2.10.